The van der Waals surface area contributed by atoms with E-state index in [0.717, 1.165) is 5.56 Å². The number of aromatic amines is 1. The van der Waals surface area contributed by atoms with Crippen LogP contribution >= 0.6 is 0 Å². The molecule has 2 aromatic heterocycles. The minimum atomic E-state index is -0.329. The Morgan fingerprint density at radius 2 is 2.05 bits per heavy atom. The van der Waals surface area contributed by atoms with E-state index in [-0.39, 0.29) is 11.9 Å². The number of carbonyl (C=O) groups excluding carboxylic acids is 1. The van der Waals surface area contributed by atoms with E-state index in [1.54, 1.807) is 24.5 Å². The molecule has 6 heteroatoms. The molecule has 0 fully saturated rings. The van der Waals surface area contributed by atoms with Gasteiger partial charge in [0.2, 0.25) is 5.95 Å². The predicted octanol–water partition coefficient (Wildman–Crippen LogP) is 2.72. The molecule has 1 aromatic carbocycles. The fourth-order valence-electron chi connectivity index (χ4n) is 1.74. The highest BCUT2D eigenvalue weighted by Gasteiger charge is 2.06. The highest BCUT2D eigenvalue weighted by atomic mass is 16.3. The molecule has 3 aromatic rings. The van der Waals surface area contributed by atoms with Crippen molar-refractivity contribution in [3.8, 4) is 11.4 Å². The maximum absolute atomic E-state index is 11.7. The Labute approximate surface area is 120 Å². The molecule has 104 valence electrons. The third-order valence-corrected chi connectivity index (χ3v) is 2.71. The highest BCUT2D eigenvalue weighted by molar-refractivity contribution is 6.00. The number of H-pyrrole nitrogens is 1. The van der Waals surface area contributed by atoms with Crippen molar-refractivity contribution >= 4 is 17.9 Å². The van der Waals surface area contributed by atoms with Crippen molar-refractivity contribution in [2.75, 3.05) is 5.32 Å². The monoisotopic (exact) mass is 280 g/mol. The lowest BCUT2D eigenvalue weighted by Crippen LogP contribution is -2.08. The normalized spacial score (nSPS) is 10.9. The van der Waals surface area contributed by atoms with Gasteiger partial charge in [0.05, 0.1) is 6.26 Å². The van der Waals surface area contributed by atoms with Crippen LogP contribution in [0.3, 0.4) is 0 Å². The molecule has 0 aliphatic carbocycles. The first-order valence-corrected chi connectivity index (χ1v) is 6.32. The number of amides is 1. The van der Waals surface area contributed by atoms with E-state index in [9.17, 15) is 4.79 Å². The number of hydrogen-bond acceptors (Lipinski definition) is 4. The fourth-order valence-corrected chi connectivity index (χ4v) is 1.74. The number of carbonyl (C=O) groups is 1. The van der Waals surface area contributed by atoms with Crippen LogP contribution in [0.25, 0.3) is 17.5 Å². The van der Waals surface area contributed by atoms with Crippen LogP contribution in [0.1, 0.15) is 5.76 Å². The zero-order valence-corrected chi connectivity index (χ0v) is 11.0. The summed E-state index contributed by atoms with van der Waals surface area (Å²) in [4.78, 5) is 15.9. The number of furan rings is 1. The number of anilines is 1. The second-order valence-corrected chi connectivity index (χ2v) is 4.21. The number of hydrogen-bond donors (Lipinski definition) is 2. The molecule has 0 spiro atoms. The molecule has 1 amide bonds. The molecule has 0 aliphatic rings. The molecule has 0 unspecified atom stereocenters. The lowest BCUT2D eigenvalue weighted by Gasteiger charge is -1.94. The maximum atomic E-state index is 11.7. The molecule has 0 saturated carbocycles. The topological polar surface area (TPSA) is 83.8 Å². The van der Waals surface area contributed by atoms with Gasteiger partial charge in [-0.25, -0.2) is 0 Å². The molecule has 0 bridgehead atoms. The summed E-state index contributed by atoms with van der Waals surface area (Å²) in [5.41, 5.74) is 0.900. The molecule has 21 heavy (non-hydrogen) atoms. The molecule has 2 N–H and O–H groups in total. The smallest absolute Gasteiger partial charge is 0.250 e. The third-order valence-electron chi connectivity index (χ3n) is 2.71. The van der Waals surface area contributed by atoms with E-state index in [4.69, 9.17) is 4.42 Å². The maximum Gasteiger partial charge on any atom is 0.250 e. The molecular weight excluding hydrogens is 268 g/mol. The van der Waals surface area contributed by atoms with E-state index < -0.39 is 0 Å². The summed E-state index contributed by atoms with van der Waals surface area (Å²) in [5.74, 6) is 1.10. The SMILES string of the molecule is O=C(/C=C/c1ccco1)Nc1n[nH]c(-c2ccccc2)n1. The lowest BCUT2D eigenvalue weighted by molar-refractivity contribution is -0.111. The minimum Gasteiger partial charge on any atom is -0.465 e. The van der Waals surface area contributed by atoms with E-state index in [0.29, 0.717) is 11.6 Å². The second kappa shape index (κ2) is 5.87. The quantitative estimate of drug-likeness (QED) is 0.720. The zero-order chi connectivity index (χ0) is 14.5. The first-order valence-electron chi connectivity index (χ1n) is 6.32. The standard InChI is InChI=1S/C15H12N4O2/c20-13(9-8-12-7-4-10-21-12)16-15-17-14(18-19-15)11-5-2-1-3-6-11/h1-10H,(H2,16,17,18,19,20)/b9-8+. The van der Waals surface area contributed by atoms with Gasteiger partial charge in [-0.1, -0.05) is 30.3 Å². The number of rotatable bonds is 4. The first kappa shape index (κ1) is 12.9. The largest absolute Gasteiger partial charge is 0.465 e. The first-order chi connectivity index (χ1) is 10.3. The van der Waals surface area contributed by atoms with Gasteiger partial charge in [-0.15, -0.1) is 5.10 Å². The van der Waals surface area contributed by atoms with Crippen molar-refractivity contribution in [3.05, 3.63) is 60.6 Å². The Hall–Kier alpha value is -3.15. The van der Waals surface area contributed by atoms with Crippen LogP contribution in [-0.2, 0) is 4.79 Å². The Morgan fingerprint density at radius 1 is 1.19 bits per heavy atom. The molecule has 0 aliphatic heterocycles. The molecule has 2 heterocycles. The zero-order valence-electron chi connectivity index (χ0n) is 11.0. The molecule has 0 atom stereocenters. The van der Waals surface area contributed by atoms with E-state index >= 15 is 0 Å². The third kappa shape index (κ3) is 3.24. The Balaban J connectivity index is 1.66. The summed E-state index contributed by atoms with van der Waals surface area (Å²) < 4.78 is 5.09. The number of nitrogens with one attached hydrogen (secondary N) is 2. The van der Waals surface area contributed by atoms with Gasteiger partial charge in [0.15, 0.2) is 5.82 Å². The Morgan fingerprint density at radius 3 is 2.81 bits per heavy atom. The van der Waals surface area contributed by atoms with Gasteiger partial charge in [-0.05, 0) is 18.2 Å². The fraction of sp³-hybridized carbons (Fsp3) is 0. The summed E-state index contributed by atoms with van der Waals surface area (Å²) in [5, 5.41) is 9.30. The lowest BCUT2D eigenvalue weighted by atomic mass is 10.2. The van der Waals surface area contributed by atoms with E-state index in [1.807, 2.05) is 30.3 Å². The van der Waals surface area contributed by atoms with Crippen molar-refractivity contribution in [2.45, 2.75) is 0 Å². The molecule has 0 saturated heterocycles. The van der Waals surface area contributed by atoms with Gasteiger partial charge in [-0.2, -0.15) is 4.98 Å². The average Bonchev–Trinajstić information content (AvgIpc) is 3.17. The molecule has 0 radical (unpaired) electrons. The molecular formula is C15H12N4O2. The Kier molecular flexibility index (Phi) is 3.60. The summed E-state index contributed by atoms with van der Waals surface area (Å²) in [6, 6.07) is 13.0. The highest BCUT2D eigenvalue weighted by Crippen LogP contribution is 2.14. The molecule has 3 rings (SSSR count). The van der Waals surface area contributed by atoms with Gasteiger partial charge in [0.25, 0.3) is 5.91 Å². The van der Waals surface area contributed by atoms with Crippen molar-refractivity contribution < 1.29 is 9.21 Å². The summed E-state index contributed by atoms with van der Waals surface area (Å²) in [6.07, 6.45) is 4.47. The summed E-state index contributed by atoms with van der Waals surface area (Å²) in [7, 11) is 0. The molecule has 6 nitrogen and oxygen atoms in total. The van der Waals surface area contributed by atoms with Gasteiger partial charge in [0, 0.05) is 11.6 Å². The van der Waals surface area contributed by atoms with Gasteiger partial charge >= 0.3 is 0 Å². The van der Waals surface area contributed by atoms with Crippen molar-refractivity contribution in [1.82, 2.24) is 15.2 Å². The number of aromatic nitrogens is 3. The van der Waals surface area contributed by atoms with Crippen LogP contribution in [-0.4, -0.2) is 21.1 Å². The van der Waals surface area contributed by atoms with Crippen LogP contribution in [0.15, 0.2) is 59.2 Å². The Bertz CT molecular complexity index is 745. The van der Waals surface area contributed by atoms with Crippen LogP contribution in [0, 0.1) is 0 Å². The minimum absolute atomic E-state index is 0.225. The summed E-state index contributed by atoms with van der Waals surface area (Å²) >= 11 is 0. The van der Waals surface area contributed by atoms with Crippen LogP contribution < -0.4 is 5.32 Å². The van der Waals surface area contributed by atoms with Crippen molar-refractivity contribution in [3.63, 3.8) is 0 Å². The second-order valence-electron chi connectivity index (χ2n) is 4.21. The number of benzene rings is 1. The van der Waals surface area contributed by atoms with Crippen LogP contribution in [0.2, 0.25) is 0 Å². The van der Waals surface area contributed by atoms with Gasteiger partial charge in [-0.3, -0.25) is 15.2 Å². The van der Waals surface area contributed by atoms with Gasteiger partial charge < -0.3 is 4.42 Å². The predicted molar refractivity (Wildman–Crippen MR) is 78.2 cm³/mol. The van der Waals surface area contributed by atoms with E-state index in [2.05, 4.69) is 20.5 Å². The summed E-state index contributed by atoms with van der Waals surface area (Å²) in [6.45, 7) is 0. The van der Waals surface area contributed by atoms with Crippen LogP contribution in [0.4, 0.5) is 5.95 Å². The van der Waals surface area contributed by atoms with Crippen LogP contribution in [0.5, 0.6) is 0 Å². The van der Waals surface area contributed by atoms with E-state index in [1.165, 1.54) is 6.08 Å². The van der Waals surface area contributed by atoms with Crippen molar-refractivity contribution in [2.24, 2.45) is 0 Å². The van der Waals surface area contributed by atoms with Gasteiger partial charge in [0.1, 0.15) is 5.76 Å². The number of nitrogens with zero attached hydrogens (tertiary/aromatic N) is 2. The van der Waals surface area contributed by atoms with Crippen molar-refractivity contribution in [1.29, 1.82) is 0 Å². The average molecular weight is 280 g/mol.